The summed E-state index contributed by atoms with van der Waals surface area (Å²) in [7, 11) is -4.93. The molecule has 0 aliphatic carbocycles. The Labute approximate surface area is 84.6 Å². The molecule has 15 heavy (non-hydrogen) atoms. The molecule has 0 amide bonds. The second-order valence-corrected chi connectivity index (χ2v) is 4.25. The minimum Gasteiger partial charge on any atom is -0.264 e. The standard InChI is InChI=1S/C9H5F2NO2S/c10-7-3-6-1-2-12-5-8(6)9(4-7)15(11,13)14/h1-5H. The number of halogens is 2. The molecule has 0 bridgehead atoms. The molecule has 1 aromatic heterocycles. The van der Waals surface area contributed by atoms with Gasteiger partial charge in [-0.1, -0.05) is 0 Å². The SMILES string of the molecule is O=S(=O)(F)c1cc(F)cc2ccncc12. The van der Waals surface area contributed by atoms with Gasteiger partial charge in [-0.2, -0.15) is 8.42 Å². The van der Waals surface area contributed by atoms with Crippen LogP contribution in [0.4, 0.5) is 8.28 Å². The van der Waals surface area contributed by atoms with E-state index >= 15 is 0 Å². The summed E-state index contributed by atoms with van der Waals surface area (Å²) >= 11 is 0. The van der Waals surface area contributed by atoms with Gasteiger partial charge in [0.1, 0.15) is 10.7 Å². The van der Waals surface area contributed by atoms with Gasteiger partial charge in [-0.15, -0.1) is 3.89 Å². The first-order chi connectivity index (χ1) is 6.98. The van der Waals surface area contributed by atoms with E-state index in [1.54, 1.807) is 0 Å². The van der Waals surface area contributed by atoms with E-state index in [9.17, 15) is 16.7 Å². The zero-order valence-electron chi connectivity index (χ0n) is 7.31. The van der Waals surface area contributed by atoms with Crippen LogP contribution in [0, 0.1) is 5.82 Å². The molecule has 3 nitrogen and oxygen atoms in total. The highest BCUT2D eigenvalue weighted by atomic mass is 32.3. The number of fused-ring (bicyclic) bond motifs is 1. The van der Waals surface area contributed by atoms with Crippen molar-refractivity contribution in [3.63, 3.8) is 0 Å². The zero-order chi connectivity index (χ0) is 11.1. The summed E-state index contributed by atoms with van der Waals surface area (Å²) in [6, 6.07) is 3.16. The zero-order valence-corrected chi connectivity index (χ0v) is 8.13. The topological polar surface area (TPSA) is 47.0 Å². The second-order valence-electron chi connectivity index (χ2n) is 2.94. The number of aromatic nitrogens is 1. The van der Waals surface area contributed by atoms with E-state index in [-0.39, 0.29) is 5.39 Å². The molecule has 0 radical (unpaired) electrons. The first-order valence-electron chi connectivity index (χ1n) is 3.96. The quantitative estimate of drug-likeness (QED) is 0.703. The van der Waals surface area contributed by atoms with E-state index in [4.69, 9.17) is 0 Å². The third kappa shape index (κ3) is 1.80. The number of nitrogens with zero attached hydrogens (tertiary/aromatic N) is 1. The highest BCUT2D eigenvalue weighted by Crippen LogP contribution is 2.24. The second kappa shape index (κ2) is 3.23. The average Bonchev–Trinajstić information content (AvgIpc) is 2.15. The molecule has 0 atom stereocenters. The monoisotopic (exact) mass is 229 g/mol. The minimum atomic E-state index is -4.93. The Hall–Kier alpha value is -1.56. The molecule has 0 aliphatic heterocycles. The van der Waals surface area contributed by atoms with Crippen molar-refractivity contribution in [3.8, 4) is 0 Å². The van der Waals surface area contributed by atoms with Crippen LogP contribution in [0.3, 0.4) is 0 Å². The molecule has 0 saturated heterocycles. The Morgan fingerprint density at radius 1 is 1.27 bits per heavy atom. The highest BCUT2D eigenvalue weighted by Gasteiger charge is 2.17. The number of rotatable bonds is 1. The lowest BCUT2D eigenvalue weighted by Crippen LogP contribution is -1.95. The van der Waals surface area contributed by atoms with Gasteiger partial charge in [0.05, 0.1) is 0 Å². The number of hydrogen-bond donors (Lipinski definition) is 0. The molecule has 1 aromatic carbocycles. The molecule has 0 fully saturated rings. The Morgan fingerprint density at radius 3 is 2.67 bits per heavy atom. The van der Waals surface area contributed by atoms with Gasteiger partial charge in [0.2, 0.25) is 0 Å². The smallest absolute Gasteiger partial charge is 0.264 e. The molecule has 78 valence electrons. The van der Waals surface area contributed by atoms with Crippen molar-refractivity contribution >= 4 is 21.0 Å². The van der Waals surface area contributed by atoms with E-state index in [1.807, 2.05) is 0 Å². The minimum absolute atomic E-state index is 0.0707. The molecule has 0 spiro atoms. The van der Waals surface area contributed by atoms with Gasteiger partial charge in [0, 0.05) is 17.8 Å². The van der Waals surface area contributed by atoms with Gasteiger partial charge in [0.25, 0.3) is 0 Å². The predicted octanol–water partition coefficient (Wildman–Crippen LogP) is 2.03. The molecule has 2 aromatic rings. The van der Waals surface area contributed by atoms with Crippen LogP contribution in [0.1, 0.15) is 0 Å². The van der Waals surface area contributed by atoms with Crippen LogP contribution in [0.2, 0.25) is 0 Å². The predicted molar refractivity (Wildman–Crippen MR) is 50.0 cm³/mol. The van der Waals surface area contributed by atoms with Crippen molar-refractivity contribution in [2.24, 2.45) is 0 Å². The first-order valence-corrected chi connectivity index (χ1v) is 5.35. The molecule has 2 rings (SSSR count). The Bertz CT molecular complexity index is 625. The third-order valence-corrected chi connectivity index (χ3v) is 2.81. The summed E-state index contributed by atoms with van der Waals surface area (Å²) in [6.45, 7) is 0. The normalized spacial score (nSPS) is 11.9. The lowest BCUT2D eigenvalue weighted by molar-refractivity contribution is 0.550. The van der Waals surface area contributed by atoms with Crippen molar-refractivity contribution < 1.29 is 16.7 Å². The van der Waals surface area contributed by atoms with Gasteiger partial charge < -0.3 is 0 Å². The van der Waals surface area contributed by atoms with Crippen molar-refractivity contribution in [1.82, 2.24) is 4.98 Å². The number of hydrogen-bond acceptors (Lipinski definition) is 3. The summed E-state index contributed by atoms with van der Waals surface area (Å²) in [6.07, 6.45) is 2.55. The van der Waals surface area contributed by atoms with E-state index in [0.29, 0.717) is 11.5 Å². The summed E-state index contributed by atoms with van der Waals surface area (Å²) in [5.41, 5.74) is 0. The maximum atomic E-state index is 13.0. The lowest BCUT2D eigenvalue weighted by atomic mass is 10.2. The maximum absolute atomic E-state index is 13.0. The Morgan fingerprint density at radius 2 is 2.00 bits per heavy atom. The first kappa shape index (κ1) is 9.97. The molecule has 0 unspecified atom stereocenters. The van der Waals surface area contributed by atoms with Crippen molar-refractivity contribution in [2.45, 2.75) is 4.90 Å². The van der Waals surface area contributed by atoms with Crippen molar-refractivity contribution in [2.75, 3.05) is 0 Å². The van der Waals surface area contributed by atoms with Gasteiger partial charge in [-0.05, 0) is 23.6 Å². The highest BCUT2D eigenvalue weighted by molar-refractivity contribution is 7.86. The molecular weight excluding hydrogens is 224 g/mol. The van der Waals surface area contributed by atoms with Crippen LogP contribution in [0.15, 0.2) is 35.5 Å². The van der Waals surface area contributed by atoms with E-state index in [1.165, 1.54) is 18.5 Å². The fourth-order valence-corrected chi connectivity index (χ4v) is 2.02. The summed E-state index contributed by atoms with van der Waals surface area (Å²) in [4.78, 5) is 2.97. The summed E-state index contributed by atoms with van der Waals surface area (Å²) in [5.74, 6) is -0.801. The lowest BCUT2D eigenvalue weighted by Gasteiger charge is -2.01. The summed E-state index contributed by atoms with van der Waals surface area (Å²) < 4.78 is 47.3. The summed E-state index contributed by atoms with van der Waals surface area (Å²) in [5, 5.41) is 0.364. The third-order valence-electron chi connectivity index (χ3n) is 1.95. The molecule has 0 N–H and O–H groups in total. The molecule has 1 heterocycles. The van der Waals surface area contributed by atoms with Crippen molar-refractivity contribution in [1.29, 1.82) is 0 Å². The van der Waals surface area contributed by atoms with E-state index in [0.717, 1.165) is 6.07 Å². The van der Waals surface area contributed by atoms with Crippen LogP contribution >= 0.6 is 0 Å². The Balaban J connectivity index is 2.96. The van der Waals surface area contributed by atoms with E-state index in [2.05, 4.69) is 4.98 Å². The van der Waals surface area contributed by atoms with Crippen LogP contribution in [-0.4, -0.2) is 13.4 Å². The Kier molecular flexibility index (Phi) is 2.15. The van der Waals surface area contributed by atoms with Gasteiger partial charge >= 0.3 is 10.2 Å². The fourth-order valence-electron chi connectivity index (χ4n) is 1.33. The maximum Gasteiger partial charge on any atom is 0.332 e. The van der Waals surface area contributed by atoms with Crippen LogP contribution in [-0.2, 0) is 10.2 Å². The molecule has 0 saturated carbocycles. The van der Waals surface area contributed by atoms with Crippen molar-refractivity contribution in [3.05, 3.63) is 36.4 Å². The van der Waals surface area contributed by atoms with Gasteiger partial charge in [0.15, 0.2) is 0 Å². The molecular formula is C9H5F2NO2S. The average molecular weight is 229 g/mol. The largest absolute Gasteiger partial charge is 0.332 e. The fraction of sp³-hybridized carbons (Fsp3) is 0. The van der Waals surface area contributed by atoms with Gasteiger partial charge in [-0.3, -0.25) is 4.98 Å². The van der Waals surface area contributed by atoms with Crippen LogP contribution in [0.25, 0.3) is 10.8 Å². The number of benzene rings is 1. The number of pyridine rings is 1. The molecule has 0 aliphatic rings. The van der Waals surface area contributed by atoms with Crippen LogP contribution in [0.5, 0.6) is 0 Å². The van der Waals surface area contributed by atoms with E-state index < -0.39 is 20.9 Å². The van der Waals surface area contributed by atoms with Crippen LogP contribution < -0.4 is 0 Å². The molecule has 6 heteroatoms. The van der Waals surface area contributed by atoms with Gasteiger partial charge in [-0.25, -0.2) is 4.39 Å².